The maximum absolute atomic E-state index is 6.02. The van der Waals surface area contributed by atoms with E-state index in [9.17, 15) is 0 Å². The van der Waals surface area contributed by atoms with Gasteiger partial charge in [0.15, 0.2) is 0 Å². The highest BCUT2D eigenvalue weighted by atomic mass is 16.5. The molecule has 1 fully saturated rings. The summed E-state index contributed by atoms with van der Waals surface area (Å²) in [4.78, 5) is 0. The quantitative estimate of drug-likeness (QED) is 0.861. The smallest absolute Gasteiger partial charge is 0.124 e. The van der Waals surface area contributed by atoms with Crippen molar-refractivity contribution in [3.63, 3.8) is 0 Å². The fourth-order valence-electron chi connectivity index (χ4n) is 3.24. The number of para-hydroxylation sites is 1. The van der Waals surface area contributed by atoms with Crippen molar-refractivity contribution in [2.75, 3.05) is 6.54 Å². The van der Waals surface area contributed by atoms with E-state index in [-0.39, 0.29) is 11.6 Å². The van der Waals surface area contributed by atoms with Crippen LogP contribution < -0.4 is 10.1 Å². The standard InChI is InChI=1S/C17H27NO/c1-13(2)12-17(10-7-11-18-17)15-8-5-6-9-16(15)19-14(3)4/h5-6,8-9,13-14,18H,7,10-12H2,1-4H3. The van der Waals surface area contributed by atoms with Crippen molar-refractivity contribution >= 4 is 0 Å². The molecule has 1 aliphatic rings. The Balaban J connectivity index is 2.36. The summed E-state index contributed by atoms with van der Waals surface area (Å²) in [6.45, 7) is 9.89. The van der Waals surface area contributed by atoms with Crippen LogP contribution in [0.3, 0.4) is 0 Å². The number of rotatable bonds is 5. The normalized spacial score (nSPS) is 23.3. The third kappa shape index (κ3) is 3.30. The summed E-state index contributed by atoms with van der Waals surface area (Å²) in [6.07, 6.45) is 3.86. The van der Waals surface area contributed by atoms with Gasteiger partial charge >= 0.3 is 0 Å². The highest BCUT2D eigenvalue weighted by molar-refractivity contribution is 5.40. The fraction of sp³-hybridized carbons (Fsp3) is 0.647. The van der Waals surface area contributed by atoms with Crippen LogP contribution in [0.1, 0.15) is 52.5 Å². The van der Waals surface area contributed by atoms with E-state index >= 15 is 0 Å². The van der Waals surface area contributed by atoms with Crippen LogP contribution in [-0.4, -0.2) is 12.6 Å². The third-order valence-corrected chi connectivity index (χ3v) is 3.77. The van der Waals surface area contributed by atoms with Gasteiger partial charge < -0.3 is 10.1 Å². The molecule has 2 rings (SSSR count). The molecule has 1 N–H and O–H groups in total. The van der Waals surface area contributed by atoms with Gasteiger partial charge in [-0.05, 0) is 51.6 Å². The van der Waals surface area contributed by atoms with E-state index < -0.39 is 0 Å². The average Bonchev–Trinajstić information content (AvgIpc) is 2.77. The molecule has 1 aromatic rings. The van der Waals surface area contributed by atoms with Gasteiger partial charge in [0.1, 0.15) is 5.75 Å². The van der Waals surface area contributed by atoms with Crippen LogP contribution in [0.15, 0.2) is 24.3 Å². The number of benzene rings is 1. The van der Waals surface area contributed by atoms with Gasteiger partial charge in [-0.2, -0.15) is 0 Å². The molecule has 106 valence electrons. The van der Waals surface area contributed by atoms with Crippen LogP contribution in [0, 0.1) is 5.92 Å². The lowest BCUT2D eigenvalue weighted by atomic mass is 9.81. The number of hydrogen-bond donors (Lipinski definition) is 1. The minimum Gasteiger partial charge on any atom is -0.491 e. The summed E-state index contributed by atoms with van der Waals surface area (Å²) >= 11 is 0. The molecule has 0 spiro atoms. The van der Waals surface area contributed by atoms with E-state index in [2.05, 4.69) is 57.3 Å². The molecule has 0 aliphatic carbocycles. The van der Waals surface area contributed by atoms with Gasteiger partial charge in [-0.3, -0.25) is 0 Å². The third-order valence-electron chi connectivity index (χ3n) is 3.77. The molecule has 1 aromatic carbocycles. The summed E-state index contributed by atoms with van der Waals surface area (Å²) in [7, 11) is 0. The van der Waals surface area contributed by atoms with Gasteiger partial charge in [-0.1, -0.05) is 32.0 Å². The Morgan fingerprint density at radius 2 is 1.95 bits per heavy atom. The largest absolute Gasteiger partial charge is 0.491 e. The van der Waals surface area contributed by atoms with E-state index in [1.807, 2.05) is 0 Å². The van der Waals surface area contributed by atoms with E-state index in [0.717, 1.165) is 12.3 Å². The van der Waals surface area contributed by atoms with Crippen molar-refractivity contribution in [3.8, 4) is 5.75 Å². The maximum atomic E-state index is 6.02. The molecule has 0 aromatic heterocycles. The van der Waals surface area contributed by atoms with Crippen LogP contribution in [0.2, 0.25) is 0 Å². The van der Waals surface area contributed by atoms with Gasteiger partial charge in [0.2, 0.25) is 0 Å². The molecular formula is C17H27NO. The minimum absolute atomic E-state index is 0.111. The Morgan fingerprint density at radius 1 is 1.21 bits per heavy atom. The lowest BCUT2D eigenvalue weighted by Gasteiger charge is -2.34. The number of ether oxygens (including phenoxy) is 1. The molecule has 1 atom stereocenters. The van der Waals surface area contributed by atoms with E-state index in [1.54, 1.807) is 0 Å². The zero-order valence-electron chi connectivity index (χ0n) is 12.7. The van der Waals surface area contributed by atoms with E-state index in [1.165, 1.54) is 24.8 Å². The molecule has 0 amide bonds. The maximum Gasteiger partial charge on any atom is 0.124 e. The summed E-state index contributed by atoms with van der Waals surface area (Å²) in [5, 5.41) is 3.75. The Bertz CT molecular complexity index is 405. The molecule has 0 radical (unpaired) electrons. The second-order valence-electron chi connectivity index (χ2n) is 6.37. The lowest BCUT2D eigenvalue weighted by molar-refractivity contribution is 0.225. The Kier molecular flexibility index (Phi) is 4.51. The number of hydrogen-bond acceptors (Lipinski definition) is 2. The van der Waals surface area contributed by atoms with Gasteiger partial charge in [-0.15, -0.1) is 0 Å². The molecule has 0 bridgehead atoms. The van der Waals surface area contributed by atoms with Crippen LogP contribution in [0.5, 0.6) is 5.75 Å². The Morgan fingerprint density at radius 3 is 2.53 bits per heavy atom. The average molecular weight is 261 g/mol. The van der Waals surface area contributed by atoms with Crippen molar-refractivity contribution < 1.29 is 4.74 Å². The van der Waals surface area contributed by atoms with E-state index in [0.29, 0.717) is 5.92 Å². The van der Waals surface area contributed by atoms with Crippen molar-refractivity contribution in [2.45, 2.75) is 58.6 Å². The molecule has 0 saturated carbocycles. The van der Waals surface area contributed by atoms with Crippen molar-refractivity contribution in [1.29, 1.82) is 0 Å². The van der Waals surface area contributed by atoms with Crippen LogP contribution >= 0.6 is 0 Å². The van der Waals surface area contributed by atoms with Crippen molar-refractivity contribution in [2.24, 2.45) is 5.92 Å². The molecule has 1 unspecified atom stereocenters. The summed E-state index contributed by atoms with van der Waals surface area (Å²) in [5.41, 5.74) is 1.45. The Labute approximate surface area is 117 Å². The fourth-order valence-corrected chi connectivity index (χ4v) is 3.24. The lowest BCUT2D eigenvalue weighted by Crippen LogP contribution is -2.38. The highest BCUT2D eigenvalue weighted by Gasteiger charge is 2.37. The van der Waals surface area contributed by atoms with Crippen LogP contribution in [0.25, 0.3) is 0 Å². The van der Waals surface area contributed by atoms with E-state index in [4.69, 9.17) is 4.74 Å². The van der Waals surface area contributed by atoms with Gasteiger partial charge in [0, 0.05) is 11.1 Å². The Hall–Kier alpha value is -1.02. The van der Waals surface area contributed by atoms with Crippen LogP contribution in [-0.2, 0) is 5.54 Å². The summed E-state index contributed by atoms with van der Waals surface area (Å²) in [5.74, 6) is 1.73. The first-order valence-electron chi connectivity index (χ1n) is 7.55. The first kappa shape index (κ1) is 14.4. The van der Waals surface area contributed by atoms with Gasteiger partial charge in [0.05, 0.1) is 6.10 Å². The molecule has 1 heterocycles. The predicted molar refractivity (Wildman–Crippen MR) is 80.6 cm³/mol. The molecule has 2 nitrogen and oxygen atoms in total. The SMILES string of the molecule is CC(C)CC1(c2ccccc2OC(C)C)CCCN1. The molecule has 1 saturated heterocycles. The zero-order valence-corrected chi connectivity index (χ0v) is 12.7. The topological polar surface area (TPSA) is 21.3 Å². The number of nitrogens with one attached hydrogen (secondary N) is 1. The molecule has 19 heavy (non-hydrogen) atoms. The predicted octanol–water partition coefficient (Wildman–Crippen LogP) is 4.10. The molecule has 2 heteroatoms. The van der Waals surface area contributed by atoms with Gasteiger partial charge in [-0.25, -0.2) is 0 Å². The van der Waals surface area contributed by atoms with Crippen molar-refractivity contribution in [1.82, 2.24) is 5.32 Å². The second kappa shape index (κ2) is 5.96. The highest BCUT2D eigenvalue weighted by Crippen LogP contribution is 2.41. The zero-order chi connectivity index (χ0) is 13.9. The van der Waals surface area contributed by atoms with Gasteiger partial charge in [0.25, 0.3) is 0 Å². The molecule has 1 aliphatic heterocycles. The minimum atomic E-state index is 0.111. The first-order chi connectivity index (χ1) is 9.03. The first-order valence-corrected chi connectivity index (χ1v) is 7.55. The second-order valence-corrected chi connectivity index (χ2v) is 6.37. The summed E-state index contributed by atoms with van der Waals surface area (Å²) < 4.78 is 6.02. The van der Waals surface area contributed by atoms with Crippen molar-refractivity contribution in [3.05, 3.63) is 29.8 Å². The summed E-state index contributed by atoms with van der Waals surface area (Å²) in [6, 6.07) is 8.54. The monoisotopic (exact) mass is 261 g/mol. The molecular weight excluding hydrogens is 234 g/mol. The van der Waals surface area contributed by atoms with Crippen LogP contribution in [0.4, 0.5) is 0 Å².